The SMILES string of the molecule is COC(=O)CC(C)NC(=O)c1cc(F)c(Cl)cc1Cl. The molecule has 19 heavy (non-hydrogen) atoms. The van der Waals surface area contributed by atoms with Gasteiger partial charge in [-0.05, 0) is 19.1 Å². The molecule has 1 N–H and O–H groups in total. The molecule has 4 nitrogen and oxygen atoms in total. The van der Waals surface area contributed by atoms with Gasteiger partial charge in [-0.3, -0.25) is 9.59 Å². The van der Waals surface area contributed by atoms with E-state index in [1.165, 1.54) is 7.11 Å². The van der Waals surface area contributed by atoms with Crippen molar-refractivity contribution in [2.75, 3.05) is 7.11 Å². The van der Waals surface area contributed by atoms with E-state index in [1.54, 1.807) is 6.92 Å². The van der Waals surface area contributed by atoms with Crippen molar-refractivity contribution >= 4 is 35.1 Å². The lowest BCUT2D eigenvalue weighted by Gasteiger charge is -2.13. The van der Waals surface area contributed by atoms with E-state index in [-0.39, 0.29) is 22.0 Å². The van der Waals surface area contributed by atoms with E-state index < -0.39 is 23.7 Å². The van der Waals surface area contributed by atoms with Crippen molar-refractivity contribution in [2.24, 2.45) is 0 Å². The van der Waals surface area contributed by atoms with Crippen LogP contribution in [0, 0.1) is 5.82 Å². The number of carbonyl (C=O) groups is 2. The third kappa shape index (κ3) is 4.36. The zero-order valence-electron chi connectivity index (χ0n) is 10.3. The molecule has 1 atom stereocenters. The summed E-state index contributed by atoms with van der Waals surface area (Å²) in [5, 5.41) is 2.39. The normalized spacial score (nSPS) is 11.8. The summed E-state index contributed by atoms with van der Waals surface area (Å²) in [7, 11) is 1.25. The van der Waals surface area contributed by atoms with Gasteiger partial charge in [0.05, 0.1) is 29.1 Å². The fourth-order valence-corrected chi connectivity index (χ4v) is 1.85. The molecule has 1 aromatic carbocycles. The van der Waals surface area contributed by atoms with Crippen LogP contribution in [-0.2, 0) is 9.53 Å². The zero-order valence-corrected chi connectivity index (χ0v) is 11.8. The molecule has 0 aliphatic carbocycles. The Morgan fingerprint density at radius 3 is 2.58 bits per heavy atom. The molecular weight excluding hydrogens is 296 g/mol. The van der Waals surface area contributed by atoms with Crippen molar-refractivity contribution in [3.8, 4) is 0 Å². The maximum atomic E-state index is 13.3. The van der Waals surface area contributed by atoms with E-state index >= 15 is 0 Å². The van der Waals surface area contributed by atoms with Crippen LogP contribution in [0.1, 0.15) is 23.7 Å². The van der Waals surface area contributed by atoms with Crippen LogP contribution >= 0.6 is 23.2 Å². The molecule has 0 bridgehead atoms. The molecule has 1 unspecified atom stereocenters. The first-order valence-electron chi connectivity index (χ1n) is 5.37. The highest BCUT2D eigenvalue weighted by Gasteiger charge is 2.17. The van der Waals surface area contributed by atoms with E-state index in [9.17, 15) is 14.0 Å². The Bertz CT molecular complexity index is 508. The minimum atomic E-state index is -0.739. The van der Waals surface area contributed by atoms with Crippen molar-refractivity contribution in [2.45, 2.75) is 19.4 Å². The summed E-state index contributed by atoms with van der Waals surface area (Å²) in [4.78, 5) is 22.9. The summed E-state index contributed by atoms with van der Waals surface area (Å²) >= 11 is 11.3. The molecule has 0 aromatic heterocycles. The average Bonchev–Trinajstić information content (AvgIpc) is 2.33. The summed E-state index contributed by atoms with van der Waals surface area (Å²) in [5.74, 6) is -1.78. The molecule has 1 aromatic rings. The first-order valence-corrected chi connectivity index (χ1v) is 6.13. The number of nitrogens with one attached hydrogen (secondary N) is 1. The Hall–Kier alpha value is -1.33. The van der Waals surface area contributed by atoms with Gasteiger partial charge in [-0.25, -0.2) is 4.39 Å². The summed E-state index contributed by atoms with van der Waals surface area (Å²) in [6, 6.07) is 1.64. The van der Waals surface area contributed by atoms with Crippen molar-refractivity contribution < 1.29 is 18.7 Å². The summed E-state index contributed by atoms with van der Waals surface area (Å²) in [6.45, 7) is 1.62. The number of carbonyl (C=O) groups excluding carboxylic acids is 2. The van der Waals surface area contributed by atoms with Crippen molar-refractivity contribution in [3.05, 3.63) is 33.6 Å². The van der Waals surface area contributed by atoms with Gasteiger partial charge in [0.15, 0.2) is 0 Å². The van der Waals surface area contributed by atoms with Gasteiger partial charge < -0.3 is 10.1 Å². The molecule has 1 rings (SSSR count). The molecular formula is C12H12Cl2FNO3. The van der Waals surface area contributed by atoms with Gasteiger partial charge in [0.1, 0.15) is 5.82 Å². The first-order chi connectivity index (χ1) is 8.85. The zero-order chi connectivity index (χ0) is 14.6. The number of halogens is 3. The topological polar surface area (TPSA) is 55.4 Å². The molecule has 0 aliphatic heterocycles. The Kier molecular flexibility index (Phi) is 5.57. The van der Waals surface area contributed by atoms with Crippen LogP contribution in [0.3, 0.4) is 0 Å². The van der Waals surface area contributed by atoms with Crippen molar-refractivity contribution in [1.29, 1.82) is 0 Å². The lowest BCUT2D eigenvalue weighted by Crippen LogP contribution is -2.34. The minimum Gasteiger partial charge on any atom is -0.469 e. The van der Waals surface area contributed by atoms with Gasteiger partial charge in [-0.2, -0.15) is 0 Å². The smallest absolute Gasteiger partial charge is 0.307 e. The predicted molar refractivity (Wildman–Crippen MR) is 70.0 cm³/mol. The average molecular weight is 308 g/mol. The van der Waals surface area contributed by atoms with Crippen molar-refractivity contribution in [1.82, 2.24) is 5.32 Å². The monoisotopic (exact) mass is 307 g/mol. The van der Waals surface area contributed by atoms with Crippen LogP contribution in [0.2, 0.25) is 10.0 Å². The number of rotatable bonds is 4. The van der Waals surface area contributed by atoms with Crippen LogP contribution in [-0.4, -0.2) is 25.0 Å². The van der Waals surface area contributed by atoms with Gasteiger partial charge in [0, 0.05) is 6.04 Å². The summed E-state index contributed by atoms with van der Waals surface area (Å²) < 4.78 is 17.7. The first kappa shape index (κ1) is 15.7. The predicted octanol–water partition coefficient (Wildman–Crippen LogP) is 2.81. The second-order valence-corrected chi connectivity index (χ2v) is 4.72. The molecule has 0 saturated heterocycles. The quantitative estimate of drug-likeness (QED) is 0.687. The molecule has 1 amide bonds. The number of hydrogen-bond donors (Lipinski definition) is 1. The highest BCUT2D eigenvalue weighted by atomic mass is 35.5. The molecule has 0 fully saturated rings. The lowest BCUT2D eigenvalue weighted by molar-refractivity contribution is -0.141. The van der Waals surface area contributed by atoms with Gasteiger partial charge in [0.25, 0.3) is 5.91 Å². The molecule has 0 radical (unpaired) electrons. The second kappa shape index (κ2) is 6.73. The maximum absolute atomic E-state index is 13.3. The Balaban J connectivity index is 2.78. The number of benzene rings is 1. The van der Waals surface area contributed by atoms with E-state index in [0.717, 1.165) is 12.1 Å². The lowest BCUT2D eigenvalue weighted by atomic mass is 10.1. The molecule has 104 valence electrons. The number of ether oxygens (including phenoxy) is 1. The number of hydrogen-bond acceptors (Lipinski definition) is 3. The van der Waals surface area contributed by atoms with Crippen LogP contribution in [0.4, 0.5) is 4.39 Å². The number of methoxy groups -OCH3 is 1. The molecule has 0 heterocycles. The minimum absolute atomic E-state index is 0.00985. The van der Waals surface area contributed by atoms with E-state index in [2.05, 4.69) is 10.1 Å². The van der Waals surface area contributed by atoms with E-state index in [0.29, 0.717) is 0 Å². The largest absolute Gasteiger partial charge is 0.469 e. The van der Waals surface area contributed by atoms with Crippen LogP contribution < -0.4 is 5.32 Å². The molecule has 7 heteroatoms. The van der Waals surface area contributed by atoms with Gasteiger partial charge in [-0.15, -0.1) is 0 Å². The Morgan fingerprint density at radius 1 is 1.37 bits per heavy atom. The third-order valence-electron chi connectivity index (χ3n) is 2.33. The second-order valence-electron chi connectivity index (χ2n) is 3.90. The summed E-state index contributed by atoms with van der Waals surface area (Å²) in [6.07, 6.45) is 0.00985. The number of amides is 1. The Morgan fingerprint density at radius 2 is 2.00 bits per heavy atom. The van der Waals surface area contributed by atoms with E-state index in [1.807, 2.05) is 0 Å². The van der Waals surface area contributed by atoms with E-state index in [4.69, 9.17) is 23.2 Å². The highest BCUT2D eigenvalue weighted by molar-refractivity contribution is 6.36. The number of esters is 1. The fraction of sp³-hybridized carbons (Fsp3) is 0.333. The third-order valence-corrected chi connectivity index (χ3v) is 2.93. The standard InChI is InChI=1S/C12H12Cl2FNO3/c1-6(3-11(17)19-2)16-12(18)7-4-10(15)9(14)5-8(7)13/h4-6H,3H2,1-2H3,(H,16,18). The van der Waals surface area contributed by atoms with Crippen molar-refractivity contribution in [3.63, 3.8) is 0 Å². The maximum Gasteiger partial charge on any atom is 0.307 e. The summed E-state index contributed by atoms with van der Waals surface area (Å²) in [5.41, 5.74) is -0.0414. The molecule has 0 aliphatic rings. The van der Waals surface area contributed by atoms with Crippen LogP contribution in [0.5, 0.6) is 0 Å². The van der Waals surface area contributed by atoms with Gasteiger partial charge in [-0.1, -0.05) is 23.2 Å². The van der Waals surface area contributed by atoms with Crippen LogP contribution in [0.25, 0.3) is 0 Å². The highest BCUT2D eigenvalue weighted by Crippen LogP contribution is 2.24. The molecule has 0 spiro atoms. The van der Waals surface area contributed by atoms with Crippen LogP contribution in [0.15, 0.2) is 12.1 Å². The van der Waals surface area contributed by atoms with Gasteiger partial charge in [0.2, 0.25) is 0 Å². The fourth-order valence-electron chi connectivity index (χ4n) is 1.38. The molecule has 0 saturated carbocycles. The van der Waals surface area contributed by atoms with Gasteiger partial charge >= 0.3 is 5.97 Å². The Labute approximate surface area is 119 Å².